The lowest BCUT2D eigenvalue weighted by atomic mass is 10.1. The van der Waals surface area contributed by atoms with Crippen LogP contribution in [0.4, 0.5) is 16.3 Å². The van der Waals surface area contributed by atoms with Gasteiger partial charge in [-0.25, -0.2) is 14.6 Å². The van der Waals surface area contributed by atoms with Crippen LogP contribution < -0.4 is 15.5 Å². The molecule has 8 heteroatoms. The van der Waals surface area contributed by atoms with Gasteiger partial charge < -0.3 is 20.1 Å². The standard InChI is InChI=1S/C18H20N4O4/c23-17(24)14-3-1-13(2-4-14)11-20-18(25)21-16-6-5-15(12-19-16)22-7-9-26-10-8-22/h1-6,12H,7-11H2,(H,23,24)(H2,19,20,21,25). The van der Waals surface area contributed by atoms with E-state index in [2.05, 4.69) is 20.5 Å². The van der Waals surface area contributed by atoms with Gasteiger partial charge >= 0.3 is 12.0 Å². The highest BCUT2D eigenvalue weighted by molar-refractivity contribution is 5.88. The molecule has 1 aliphatic heterocycles. The molecular formula is C18H20N4O4. The highest BCUT2D eigenvalue weighted by atomic mass is 16.5. The number of morpholine rings is 1. The number of pyridine rings is 1. The van der Waals surface area contributed by atoms with Crippen molar-refractivity contribution in [2.24, 2.45) is 0 Å². The van der Waals surface area contributed by atoms with E-state index < -0.39 is 5.97 Å². The SMILES string of the molecule is O=C(NCc1ccc(C(=O)O)cc1)Nc1ccc(N2CCOCC2)cn1. The average Bonchev–Trinajstić information content (AvgIpc) is 2.68. The van der Waals surface area contributed by atoms with E-state index >= 15 is 0 Å². The number of benzene rings is 1. The summed E-state index contributed by atoms with van der Waals surface area (Å²) in [5, 5.41) is 14.2. The minimum Gasteiger partial charge on any atom is -0.478 e. The van der Waals surface area contributed by atoms with Crippen molar-refractivity contribution >= 4 is 23.5 Å². The molecule has 26 heavy (non-hydrogen) atoms. The minimum absolute atomic E-state index is 0.211. The van der Waals surface area contributed by atoms with Crippen LogP contribution in [-0.4, -0.2) is 48.4 Å². The van der Waals surface area contributed by atoms with E-state index in [9.17, 15) is 9.59 Å². The Morgan fingerprint density at radius 3 is 2.46 bits per heavy atom. The number of hydrogen-bond acceptors (Lipinski definition) is 5. The van der Waals surface area contributed by atoms with E-state index in [0.717, 1.165) is 24.3 Å². The summed E-state index contributed by atoms with van der Waals surface area (Å²) in [5.41, 5.74) is 2.02. The van der Waals surface area contributed by atoms with Crippen molar-refractivity contribution in [3.05, 3.63) is 53.7 Å². The van der Waals surface area contributed by atoms with Gasteiger partial charge in [0.15, 0.2) is 0 Å². The number of carboxylic acids is 1. The molecule has 1 aromatic carbocycles. The van der Waals surface area contributed by atoms with E-state index in [0.29, 0.717) is 19.0 Å². The number of nitrogens with zero attached hydrogens (tertiary/aromatic N) is 2. The third-order valence-electron chi connectivity index (χ3n) is 4.02. The van der Waals surface area contributed by atoms with Crippen LogP contribution in [0.3, 0.4) is 0 Å². The Morgan fingerprint density at radius 1 is 1.12 bits per heavy atom. The van der Waals surface area contributed by atoms with E-state index in [4.69, 9.17) is 9.84 Å². The highest BCUT2D eigenvalue weighted by Gasteiger charge is 2.11. The van der Waals surface area contributed by atoms with Crippen LogP contribution in [0.15, 0.2) is 42.6 Å². The third-order valence-corrected chi connectivity index (χ3v) is 4.02. The predicted octanol–water partition coefficient (Wildman–Crippen LogP) is 1.94. The molecule has 2 amide bonds. The zero-order valence-electron chi connectivity index (χ0n) is 14.1. The molecule has 0 aliphatic carbocycles. The minimum atomic E-state index is -0.978. The number of aromatic nitrogens is 1. The normalized spacial score (nSPS) is 13.9. The second-order valence-corrected chi connectivity index (χ2v) is 5.81. The monoisotopic (exact) mass is 356 g/mol. The van der Waals surface area contributed by atoms with E-state index in [1.54, 1.807) is 24.4 Å². The lowest BCUT2D eigenvalue weighted by Gasteiger charge is -2.28. The number of nitrogens with one attached hydrogen (secondary N) is 2. The van der Waals surface area contributed by atoms with E-state index in [1.807, 2.05) is 6.07 Å². The molecule has 3 N–H and O–H groups in total. The van der Waals surface area contributed by atoms with Crippen LogP contribution in [0.1, 0.15) is 15.9 Å². The molecule has 0 bridgehead atoms. The lowest BCUT2D eigenvalue weighted by molar-refractivity contribution is 0.0697. The largest absolute Gasteiger partial charge is 0.478 e. The van der Waals surface area contributed by atoms with Crippen LogP contribution in [-0.2, 0) is 11.3 Å². The van der Waals surface area contributed by atoms with Crippen molar-refractivity contribution in [2.45, 2.75) is 6.54 Å². The summed E-state index contributed by atoms with van der Waals surface area (Å²) < 4.78 is 5.32. The molecule has 0 saturated carbocycles. The van der Waals surface area contributed by atoms with Crippen molar-refractivity contribution in [3.63, 3.8) is 0 Å². The number of urea groups is 1. The molecule has 0 unspecified atom stereocenters. The molecule has 8 nitrogen and oxygen atoms in total. The summed E-state index contributed by atoms with van der Waals surface area (Å²) in [4.78, 5) is 29.2. The Balaban J connectivity index is 1.49. The number of ether oxygens (including phenoxy) is 1. The van der Waals surface area contributed by atoms with Gasteiger partial charge in [0.25, 0.3) is 0 Å². The van der Waals surface area contributed by atoms with Gasteiger partial charge in [-0.3, -0.25) is 5.32 Å². The number of carboxylic acid groups (broad SMARTS) is 1. The highest BCUT2D eigenvalue weighted by Crippen LogP contribution is 2.16. The first-order chi connectivity index (χ1) is 12.6. The number of carbonyl (C=O) groups excluding carboxylic acids is 1. The number of rotatable bonds is 5. The fraction of sp³-hybridized carbons (Fsp3) is 0.278. The van der Waals surface area contributed by atoms with Crippen LogP contribution in [0.5, 0.6) is 0 Å². The van der Waals surface area contributed by atoms with Gasteiger partial charge in [-0.1, -0.05) is 12.1 Å². The Labute approximate surface area is 150 Å². The molecule has 136 valence electrons. The number of anilines is 2. The molecule has 1 aromatic heterocycles. The molecular weight excluding hydrogens is 336 g/mol. The second kappa shape index (κ2) is 8.30. The number of carbonyl (C=O) groups is 2. The molecule has 2 heterocycles. The van der Waals surface area contributed by atoms with Gasteiger partial charge in [-0.2, -0.15) is 0 Å². The lowest BCUT2D eigenvalue weighted by Crippen LogP contribution is -2.36. The molecule has 1 aliphatic rings. The fourth-order valence-corrected chi connectivity index (χ4v) is 2.58. The molecule has 2 aromatic rings. The van der Waals surface area contributed by atoms with Gasteiger partial charge in [0, 0.05) is 19.6 Å². The van der Waals surface area contributed by atoms with Crippen LogP contribution in [0, 0.1) is 0 Å². The summed E-state index contributed by atoms with van der Waals surface area (Å²) in [7, 11) is 0. The molecule has 0 atom stereocenters. The van der Waals surface area contributed by atoms with Crippen molar-refractivity contribution in [2.75, 3.05) is 36.5 Å². The van der Waals surface area contributed by atoms with Gasteiger partial charge in [0.2, 0.25) is 0 Å². The maximum absolute atomic E-state index is 12.0. The Kier molecular flexibility index (Phi) is 5.65. The predicted molar refractivity (Wildman–Crippen MR) is 96.5 cm³/mol. The van der Waals surface area contributed by atoms with Gasteiger partial charge in [0.05, 0.1) is 30.7 Å². The zero-order chi connectivity index (χ0) is 18.4. The maximum Gasteiger partial charge on any atom is 0.335 e. The van der Waals surface area contributed by atoms with Crippen molar-refractivity contribution in [1.82, 2.24) is 10.3 Å². The van der Waals surface area contributed by atoms with Crippen molar-refractivity contribution in [1.29, 1.82) is 0 Å². The number of amides is 2. The summed E-state index contributed by atoms with van der Waals surface area (Å²) in [5.74, 6) is -0.519. The summed E-state index contributed by atoms with van der Waals surface area (Å²) >= 11 is 0. The van der Waals surface area contributed by atoms with Crippen molar-refractivity contribution in [3.8, 4) is 0 Å². The molecule has 1 fully saturated rings. The van der Waals surface area contributed by atoms with Gasteiger partial charge in [-0.15, -0.1) is 0 Å². The molecule has 0 radical (unpaired) electrons. The first-order valence-corrected chi connectivity index (χ1v) is 8.27. The van der Waals surface area contributed by atoms with Crippen LogP contribution >= 0.6 is 0 Å². The summed E-state index contributed by atoms with van der Waals surface area (Å²) in [6.07, 6.45) is 1.73. The van der Waals surface area contributed by atoms with Crippen LogP contribution in [0.25, 0.3) is 0 Å². The van der Waals surface area contributed by atoms with E-state index in [-0.39, 0.29) is 18.1 Å². The molecule has 1 saturated heterocycles. The fourth-order valence-electron chi connectivity index (χ4n) is 2.58. The number of aromatic carboxylic acids is 1. The average molecular weight is 356 g/mol. The van der Waals surface area contributed by atoms with Gasteiger partial charge in [0.1, 0.15) is 5.82 Å². The quantitative estimate of drug-likeness (QED) is 0.756. The Morgan fingerprint density at radius 2 is 1.85 bits per heavy atom. The molecule has 3 rings (SSSR count). The molecule has 0 spiro atoms. The maximum atomic E-state index is 12.0. The Bertz CT molecular complexity index is 756. The zero-order valence-corrected chi connectivity index (χ0v) is 14.1. The number of hydrogen-bond donors (Lipinski definition) is 3. The van der Waals surface area contributed by atoms with Crippen LogP contribution in [0.2, 0.25) is 0 Å². The van der Waals surface area contributed by atoms with Crippen molar-refractivity contribution < 1.29 is 19.4 Å². The topological polar surface area (TPSA) is 104 Å². The summed E-state index contributed by atoms with van der Waals surface area (Å²) in [6, 6.07) is 9.63. The van der Waals surface area contributed by atoms with Gasteiger partial charge in [-0.05, 0) is 29.8 Å². The first-order valence-electron chi connectivity index (χ1n) is 8.27. The smallest absolute Gasteiger partial charge is 0.335 e. The third kappa shape index (κ3) is 4.70. The summed E-state index contributed by atoms with van der Waals surface area (Å²) in [6.45, 7) is 3.36. The van der Waals surface area contributed by atoms with E-state index in [1.165, 1.54) is 12.1 Å². The second-order valence-electron chi connectivity index (χ2n) is 5.81. The first kappa shape index (κ1) is 17.7. The Hall–Kier alpha value is -3.13.